The van der Waals surface area contributed by atoms with Gasteiger partial charge in [0.1, 0.15) is 11.7 Å². The van der Waals surface area contributed by atoms with Crippen molar-refractivity contribution in [2.75, 3.05) is 45.9 Å². The minimum atomic E-state index is -1.19. The molecule has 3 heterocycles. The molecule has 2 aliphatic rings. The van der Waals surface area contributed by atoms with Crippen LogP contribution in [-0.4, -0.2) is 118 Å². The number of benzene rings is 1. The zero-order valence-corrected chi connectivity index (χ0v) is 22.4. The number of carbonyl (C=O) groups excluding carboxylic acids is 4. The van der Waals surface area contributed by atoms with Crippen LogP contribution in [0.5, 0.6) is 0 Å². The normalized spacial score (nSPS) is 16.1. The van der Waals surface area contributed by atoms with E-state index in [9.17, 15) is 33.9 Å². The molecule has 2 aliphatic heterocycles. The van der Waals surface area contributed by atoms with Crippen LogP contribution in [0.15, 0.2) is 30.3 Å². The lowest BCUT2D eigenvalue weighted by Crippen LogP contribution is -2.56. The molecule has 4 rings (SSSR count). The summed E-state index contributed by atoms with van der Waals surface area (Å²) in [6.07, 6.45) is -1.05. The number of nitrogens with zero attached hydrogens (tertiary/aromatic N) is 4. The standard InChI is InChI=1S/C27H31N5O9/c1-2-41-27(40)31-11-9-30(10-12-31)25(37)20(7-8-22(33)34)29-23(35)21-13-18(17-5-3-4-6-19(17)28-21)24(36)32-14-16(15-32)26(38)39/h3-6,13,16,20H,2,7-12,14-15H2,1H3,(H,29,35)(H,33,34)(H,38,39). The van der Waals surface area contributed by atoms with Gasteiger partial charge in [0, 0.05) is 51.1 Å². The largest absolute Gasteiger partial charge is 0.481 e. The number of aliphatic carboxylic acids is 2. The molecule has 2 saturated heterocycles. The lowest BCUT2D eigenvalue weighted by atomic mass is 9.97. The van der Waals surface area contributed by atoms with Gasteiger partial charge in [-0.1, -0.05) is 18.2 Å². The molecule has 4 amide bonds. The Kier molecular flexibility index (Phi) is 9.00. The first-order valence-electron chi connectivity index (χ1n) is 13.2. The third-order valence-electron chi connectivity index (χ3n) is 7.06. The molecule has 1 aromatic heterocycles. The Morgan fingerprint density at radius 1 is 1.00 bits per heavy atom. The molecule has 0 saturated carbocycles. The first-order chi connectivity index (χ1) is 19.6. The Morgan fingerprint density at radius 2 is 1.66 bits per heavy atom. The number of fused-ring (bicyclic) bond motifs is 1. The average Bonchev–Trinajstić information content (AvgIpc) is 2.93. The van der Waals surface area contributed by atoms with Gasteiger partial charge < -0.3 is 35.0 Å². The molecular weight excluding hydrogens is 538 g/mol. The Balaban J connectivity index is 1.53. The topological polar surface area (TPSA) is 187 Å². The molecule has 1 aromatic carbocycles. The molecule has 2 aromatic rings. The number of carbonyl (C=O) groups is 6. The van der Waals surface area contributed by atoms with Crippen molar-refractivity contribution in [2.45, 2.75) is 25.8 Å². The molecule has 1 atom stereocenters. The Morgan fingerprint density at radius 3 is 2.29 bits per heavy atom. The SMILES string of the molecule is CCOC(=O)N1CCN(C(=O)C(CCC(=O)O)NC(=O)c2cc(C(=O)N3CC(C(=O)O)C3)c3ccccc3n2)CC1. The first-order valence-corrected chi connectivity index (χ1v) is 13.2. The van der Waals surface area contributed by atoms with E-state index in [4.69, 9.17) is 9.84 Å². The minimum Gasteiger partial charge on any atom is -0.481 e. The highest BCUT2D eigenvalue weighted by atomic mass is 16.6. The number of likely N-dealkylation sites (tertiary alicyclic amines) is 1. The number of aromatic nitrogens is 1. The second-order valence-corrected chi connectivity index (χ2v) is 9.79. The zero-order chi connectivity index (χ0) is 29.7. The van der Waals surface area contributed by atoms with Gasteiger partial charge in [-0.15, -0.1) is 0 Å². The Hall–Kier alpha value is -4.75. The highest BCUT2D eigenvalue weighted by Gasteiger charge is 2.37. The number of piperazine rings is 1. The summed E-state index contributed by atoms with van der Waals surface area (Å²) in [5, 5.41) is 21.4. The smallest absolute Gasteiger partial charge is 0.409 e. The van der Waals surface area contributed by atoms with Crippen molar-refractivity contribution < 1.29 is 43.7 Å². The van der Waals surface area contributed by atoms with Crippen molar-refractivity contribution in [1.29, 1.82) is 0 Å². The number of hydrogen-bond acceptors (Lipinski definition) is 8. The monoisotopic (exact) mass is 569 g/mol. The maximum Gasteiger partial charge on any atom is 0.409 e. The lowest BCUT2D eigenvalue weighted by molar-refractivity contribution is -0.146. The number of ether oxygens (including phenoxy) is 1. The maximum atomic E-state index is 13.3. The summed E-state index contributed by atoms with van der Waals surface area (Å²) in [5.74, 6) is -4.52. The van der Waals surface area contributed by atoms with Crippen molar-refractivity contribution in [3.05, 3.63) is 41.6 Å². The van der Waals surface area contributed by atoms with Crippen LogP contribution in [0.3, 0.4) is 0 Å². The predicted molar refractivity (Wildman–Crippen MR) is 142 cm³/mol. The van der Waals surface area contributed by atoms with E-state index in [-0.39, 0.29) is 70.0 Å². The molecule has 0 spiro atoms. The van der Waals surface area contributed by atoms with Crippen LogP contribution >= 0.6 is 0 Å². The molecule has 0 radical (unpaired) electrons. The lowest BCUT2D eigenvalue weighted by Gasteiger charge is -2.37. The summed E-state index contributed by atoms with van der Waals surface area (Å²) in [4.78, 5) is 83.0. The highest BCUT2D eigenvalue weighted by Crippen LogP contribution is 2.25. The highest BCUT2D eigenvalue weighted by molar-refractivity contribution is 6.09. The van der Waals surface area contributed by atoms with Crippen LogP contribution in [0.25, 0.3) is 10.9 Å². The van der Waals surface area contributed by atoms with Gasteiger partial charge in [-0.3, -0.25) is 24.0 Å². The zero-order valence-electron chi connectivity index (χ0n) is 22.4. The third kappa shape index (κ3) is 6.70. The van der Waals surface area contributed by atoms with Crippen molar-refractivity contribution in [1.82, 2.24) is 25.0 Å². The number of para-hydroxylation sites is 1. The molecule has 218 valence electrons. The fourth-order valence-corrected chi connectivity index (χ4v) is 4.74. The van der Waals surface area contributed by atoms with Gasteiger partial charge in [0.05, 0.1) is 23.6 Å². The van der Waals surface area contributed by atoms with Crippen molar-refractivity contribution in [3.63, 3.8) is 0 Å². The van der Waals surface area contributed by atoms with E-state index in [2.05, 4.69) is 10.3 Å². The molecular formula is C27H31N5O9. The molecule has 3 N–H and O–H groups in total. The number of amides is 4. The number of carboxylic acid groups (broad SMARTS) is 2. The van der Waals surface area contributed by atoms with Crippen LogP contribution in [0.4, 0.5) is 4.79 Å². The van der Waals surface area contributed by atoms with Gasteiger partial charge >= 0.3 is 18.0 Å². The van der Waals surface area contributed by atoms with Gasteiger partial charge in [0.25, 0.3) is 11.8 Å². The van der Waals surface area contributed by atoms with E-state index >= 15 is 0 Å². The quantitative estimate of drug-likeness (QED) is 0.387. The van der Waals surface area contributed by atoms with Gasteiger partial charge in [-0.2, -0.15) is 0 Å². The number of carboxylic acids is 2. The molecule has 41 heavy (non-hydrogen) atoms. The second-order valence-electron chi connectivity index (χ2n) is 9.79. The average molecular weight is 570 g/mol. The van der Waals surface area contributed by atoms with Crippen LogP contribution in [0, 0.1) is 5.92 Å². The van der Waals surface area contributed by atoms with Crippen LogP contribution in [-0.2, 0) is 19.1 Å². The second kappa shape index (κ2) is 12.6. The molecule has 14 heteroatoms. The Bertz CT molecular complexity index is 1370. The summed E-state index contributed by atoms with van der Waals surface area (Å²) >= 11 is 0. The Labute approximate surface area is 234 Å². The van der Waals surface area contributed by atoms with E-state index in [0.717, 1.165) is 0 Å². The van der Waals surface area contributed by atoms with Gasteiger partial charge in [0.15, 0.2) is 0 Å². The summed E-state index contributed by atoms with van der Waals surface area (Å²) in [7, 11) is 0. The van der Waals surface area contributed by atoms with Crippen molar-refractivity contribution >= 4 is 46.7 Å². The minimum absolute atomic E-state index is 0.0432. The molecule has 2 fully saturated rings. The summed E-state index contributed by atoms with van der Waals surface area (Å²) < 4.78 is 4.99. The van der Waals surface area contributed by atoms with Gasteiger partial charge in [0.2, 0.25) is 5.91 Å². The number of pyridine rings is 1. The number of nitrogens with one attached hydrogen (secondary N) is 1. The van der Waals surface area contributed by atoms with Crippen molar-refractivity contribution in [2.24, 2.45) is 5.92 Å². The van der Waals surface area contributed by atoms with E-state index in [1.54, 1.807) is 31.2 Å². The van der Waals surface area contributed by atoms with E-state index in [1.807, 2.05) is 0 Å². The molecule has 1 unspecified atom stereocenters. The molecule has 14 nitrogen and oxygen atoms in total. The van der Waals surface area contributed by atoms with E-state index in [1.165, 1.54) is 20.8 Å². The third-order valence-corrected chi connectivity index (χ3v) is 7.06. The van der Waals surface area contributed by atoms with Crippen LogP contribution < -0.4 is 5.32 Å². The summed E-state index contributed by atoms with van der Waals surface area (Å²) in [5.41, 5.74) is 0.359. The van der Waals surface area contributed by atoms with Gasteiger partial charge in [-0.05, 0) is 25.5 Å². The number of hydrogen-bond donors (Lipinski definition) is 3. The van der Waals surface area contributed by atoms with E-state index < -0.39 is 47.7 Å². The van der Waals surface area contributed by atoms with Gasteiger partial charge in [-0.25, -0.2) is 9.78 Å². The first kappa shape index (κ1) is 29.2. The predicted octanol–water partition coefficient (Wildman–Crippen LogP) is 0.655. The fraction of sp³-hybridized carbons (Fsp3) is 0.444. The molecule has 0 aliphatic carbocycles. The van der Waals surface area contributed by atoms with Crippen molar-refractivity contribution in [3.8, 4) is 0 Å². The van der Waals surface area contributed by atoms with Crippen LogP contribution in [0.1, 0.15) is 40.6 Å². The fourth-order valence-electron chi connectivity index (χ4n) is 4.74. The summed E-state index contributed by atoms with van der Waals surface area (Å²) in [6, 6.07) is 6.79. The number of rotatable bonds is 9. The molecule has 0 bridgehead atoms. The van der Waals surface area contributed by atoms with E-state index in [0.29, 0.717) is 10.9 Å². The maximum absolute atomic E-state index is 13.3. The summed E-state index contributed by atoms with van der Waals surface area (Å²) in [6.45, 7) is 2.80. The van der Waals surface area contributed by atoms with Crippen LogP contribution in [0.2, 0.25) is 0 Å².